The highest BCUT2D eigenvalue weighted by molar-refractivity contribution is 7.08. The topological polar surface area (TPSA) is 85.3 Å². The number of hydrogen-bond donors (Lipinski definition) is 1. The van der Waals surface area contributed by atoms with E-state index in [0.717, 1.165) is 12.0 Å². The molecule has 0 saturated heterocycles. The normalized spacial score (nSPS) is 18.0. The van der Waals surface area contributed by atoms with Crippen LogP contribution in [-0.2, 0) is 14.3 Å². The van der Waals surface area contributed by atoms with Gasteiger partial charge in [-0.2, -0.15) is 16.6 Å². The third kappa shape index (κ3) is 3.00. The summed E-state index contributed by atoms with van der Waals surface area (Å²) in [4.78, 5) is 12.4. The molecule has 0 aromatic carbocycles. The Hall–Kier alpha value is -2.26. The summed E-state index contributed by atoms with van der Waals surface area (Å²) < 4.78 is 10.7. The molecule has 0 saturated carbocycles. The van der Waals surface area contributed by atoms with E-state index in [4.69, 9.17) is 15.2 Å². The number of rotatable bonds is 5. The van der Waals surface area contributed by atoms with Crippen LogP contribution in [0.3, 0.4) is 0 Å². The lowest BCUT2D eigenvalue weighted by atomic mass is 9.83. The molecule has 0 aliphatic carbocycles. The molecule has 2 rings (SSSR count). The minimum atomic E-state index is -0.523. The second-order valence-electron chi connectivity index (χ2n) is 4.79. The third-order valence-electron chi connectivity index (χ3n) is 3.35. The molecule has 0 radical (unpaired) electrons. The smallest absolute Gasteiger partial charge is 0.338 e. The monoisotopic (exact) mass is 318 g/mol. The van der Waals surface area contributed by atoms with Gasteiger partial charge < -0.3 is 15.2 Å². The largest absolute Gasteiger partial charge is 0.463 e. The van der Waals surface area contributed by atoms with Crippen molar-refractivity contribution in [3.63, 3.8) is 0 Å². The maximum atomic E-state index is 12.4. The molecule has 2 N–H and O–H groups in total. The van der Waals surface area contributed by atoms with Crippen molar-refractivity contribution in [2.24, 2.45) is 5.73 Å². The summed E-state index contributed by atoms with van der Waals surface area (Å²) in [5, 5.41) is 13.2. The molecule has 22 heavy (non-hydrogen) atoms. The van der Waals surface area contributed by atoms with Crippen LogP contribution in [0.5, 0.6) is 0 Å². The van der Waals surface area contributed by atoms with Crippen LogP contribution in [0.25, 0.3) is 0 Å². The Kier molecular flexibility index (Phi) is 5.23. The van der Waals surface area contributed by atoms with Gasteiger partial charge in [0.2, 0.25) is 5.88 Å². The number of hydrogen-bond acceptors (Lipinski definition) is 6. The van der Waals surface area contributed by atoms with E-state index in [-0.39, 0.29) is 18.1 Å². The molecule has 1 atom stereocenters. The van der Waals surface area contributed by atoms with Gasteiger partial charge in [-0.15, -0.1) is 0 Å². The van der Waals surface area contributed by atoms with E-state index in [1.54, 1.807) is 6.92 Å². The van der Waals surface area contributed by atoms with Crippen molar-refractivity contribution in [3.05, 3.63) is 45.2 Å². The van der Waals surface area contributed by atoms with E-state index in [2.05, 4.69) is 6.07 Å². The van der Waals surface area contributed by atoms with E-state index < -0.39 is 11.9 Å². The van der Waals surface area contributed by atoms with E-state index in [1.165, 1.54) is 11.3 Å². The number of esters is 1. The first kappa shape index (κ1) is 16.1. The average Bonchev–Trinajstić information content (AvgIpc) is 3.01. The van der Waals surface area contributed by atoms with Gasteiger partial charge in [0.25, 0.3) is 0 Å². The van der Waals surface area contributed by atoms with Gasteiger partial charge in [-0.05, 0) is 35.7 Å². The summed E-state index contributed by atoms with van der Waals surface area (Å²) in [5.41, 5.74) is 7.38. The average molecular weight is 318 g/mol. The summed E-state index contributed by atoms with van der Waals surface area (Å²) in [5.74, 6) is -0.420. The molecule has 5 nitrogen and oxygen atoms in total. The Morgan fingerprint density at radius 3 is 2.86 bits per heavy atom. The van der Waals surface area contributed by atoms with Gasteiger partial charge in [-0.3, -0.25) is 0 Å². The first-order valence-corrected chi connectivity index (χ1v) is 8.08. The summed E-state index contributed by atoms with van der Waals surface area (Å²) in [6.45, 7) is 3.99. The third-order valence-corrected chi connectivity index (χ3v) is 4.05. The SMILES string of the molecule is CCCC1=C(C(=O)OCC)[C@@H](c2ccsc2)C(C#N)=C(N)O1. The lowest BCUT2D eigenvalue weighted by Gasteiger charge is -2.27. The van der Waals surface area contributed by atoms with Crippen molar-refractivity contribution in [1.82, 2.24) is 0 Å². The second kappa shape index (κ2) is 7.14. The molecule has 0 bridgehead atoms. The fourth-order valence-electron chi connectivity index (χ4n) is 2.44. The number of carbonyl (C=O) groups excluding carboxylic acids is 1. The maximum absolute atomic E-state index is 12.4. The van der Waals surface area contributed by atoms with Crippen molar-refractivity contribution in [1.29, 1.82) is 5.26 Å². The summed E-state index contributed by atoms with van der Waals surface area (Å²) in [6.07, 6.45) is 1.36. The summed E-state index contributed by atoms with van der Waals surface area (Å²) in [7, 11) is 0. The van der Waals surface area contributed by atoms with Crippen LogP contribution >= 0.6 is 11.3 Å². The quantitative estimate of drug-likeness (QED) is 0.843. The number of carbonyl (C=O) groups is 1. The van der Waals surface area contributed by atoms with Crippen molar-refractivity contribution in [2.45, 2.75) is 32.6 Å². The zero-order valence-electron chi connectivity index (χ0n) is 12.6. The van der Waals surface area contributed by atoms with Crippen LogP contribution in [-0.4, -0.2) is 12.6 Å². The van der Waals surface area contributed by atoms with Crippen LogP contribution < -0.4 is 5.73 Å². The van der Waals surface area contributed by atoms with Crippen molar-refractivity contribution >= 4 is 17.3 Å². The van der Waals surface area contributed by atoms with E-state index in [1.807, 2.05) is 23.8 Å². The summed E-state index contributed by atoms with van der Waals surface area (Å²) in [6, 6.07) is 3.96. The van der Waals surface area contributed by atoms with Crippen LogP contribution in [0.15, 0.2) is 39.6 Å². The number of nitriles is 1. The van der Waals surface area contributed by atoms with Gasteiger partial charge >= 0.3 is 5.97 Å². The molecular weight excluding hydrogens is 300 g/mol. The predicted octanol–water partition coefficient (Wildman–Crippen LogP) is 3.17. The zero-order chi connectivity index (χ0) is 16.1. The lowest BCUT2D eigenvalue weighted by Crippen LogP contribution is -2.26. The highest BCUT2D eigenvalue weighted by atomic mass is 32.1. The van der Waals surface area contributed by atoms with Gasteiger partial charge in [0.1, 0.15) is 17.4 Å². The summed E-state index contributed by atoms with van der Waals surface area (Å²) >= 11 is 1.50. The minimum absolute atomic E-state index is 0.0650. The van der Waals surface area contributed by atoms with Gasteiger partial charge in [-0.25, -0.2) is 4.79 Å². The Bertz CT molecular complexity index is 653. The molecule has 116 valence electrons. The van der Waals surface area contributed by atoms with Crippen LogP contribution in [0.2, 0.25) is 0 Å². The van der Waals surface area contributed by atoms with Gasteiger partial charge in [0, 0.05) is 6.42 Å². The van der Waals surface area contributed by atoms with Crippen LogP contribution in [0.1, 0.15) is 38.2 Å². The highest BCUT2D eigenvalue weighted by Gasteiger charge is 2.37. The Morgan fingerprint density at radius 1 is 1.55 bits per heavy atom. The number of nitrogens with zero attached hydrogens (tertiary/aromatic N) is 1. The van der Waals surface area contributed by atoms with E-state index >= 15 is 0 Å². The predicted molar refractivity (Wildman–Crippen MR) is 83.5 cm³/mol. The molecule has 2 heterocycles. The van der Waals surface area contributed by atoms with E-state index in [0.29, 0.717) is 17.8 Å². The molecule has 1 aliphatic heterocycles. The molecule has 1 aromatic rings. The second-order valence-corrected chi connectivity index (χ2v) is 5.57. The molecule has 0 unspecified atom stereocenters. The maximum Gasteiger partial charge on any atom is 0.338 e. The fourth-order valence-corrected chi connectivity index (χ4v) is 3.12. The fraction of sp³-hybridized carbons (Fsp3) is 0.375. The Labute approximate surface area is 133 Å². The number of thiophene rings is 1. The lowest BCUT2D eigenvalue weighted by molar-refractivity contribution is -0.139. The molecule has 1 aromatic heterocycles. The van der Waals surface area contributed by atoms with Crippen molar-refractivity contribution in [2.75, 3.05) is 6.61 Å². The number of ether oxygens (including phenoxy) is 2. The molecule has 6 heteroatoms. The van der Waals surface area contributed by atoms with Gasteiger partial charge in [0.15, 0.2) is 0 Å². The van der Waals surface area contributed by atoms with Crippen LogP contribution in [0, 0.1) is 11.3 Å². The first-order chi connectivity index (χ1) is 10.6. The molecule has 0 spiro atoms. The Morgan fingerprint density at radius 2 is 2.32 bits per heavy atom. The number of allylic oxidation sites excluding steroid dienone is 2. The highest BCUT2D eigenvalue weighted by Crippen LogP contribution is 2.41. The molecule has 1 aliphatic rings. The zero-order valence-corrected chi connectivity index (χ0v) is 13.4. The molecule has 0 amide bonds. The van der Waals surface area contributed by atoms with E-state index in [9.17, 15) is 10.1 Å². The van der Waals surface area contributed by atoms with Crippen molar-refractivity contribution in [3.8, 4) is 6.07 Å². The Balaban J connectivity index is 2.59. The number of nitrogens with two attached hydrogens (primary N) is 1. The van der Waals surface area contributed by atoms with Crippen LogP contribution in [0.4, 0.5) is 0 Å². The first-order valence-electron chi connectivity index (χ1n) is 7.13. The van der Waals surface area contributed by atoms with Gasteiger partial charge in [-0.1, -0.05) is 6.92 Å². The molecular formula is C16H18N2O3S. The minimum Gasteiger partial charge on any atom is -0.463 e. The van der Waals surface area contributed by atoms with Crippen molar-refractivity contribution < 1.29 is 14.3 Å². The van der Waals surface area contributed by atoms with Gasteiger partial charge in [0.05, 0.1) is 18.1 Å². The standard InChI is InChI=1S/C16H18N2O3S/c1-3-5-12-14(16(19)20-4-2)13(10-6-7-22-9-10)11(8-17)15(18)21-12/h6-7,9,13H,3-5,18H2,1-2H3/t13-/m0/s1. The molecule has 0 fully saturated rings.